The van der Waals surface area contributed by atoms with Crippen LogP contribution in [0.3, 0.4) is 0 Å². The summed E-state index contributed by atoms with van der Waals surface area (Å²) in [4.78, 5) is 2.27. The van der Waals surface area contributed by atoms with Crippen molar-refractivity contribution < 1.29 is 0 Å². The summed E-state index contributed by atoms with van der Waals surface area (Å²) in [6.45, 7) is 1.07. The first-order chi connectivity index (χ1) is 6.18. The quantitative estimate of drug-likeness (QED) is 0.668. The number of likely N-dealkylation sites (N-methyl/N-ethyl adjacent to an activating group) is 1. The Hall–Kier alpha value is -0.870. The minimum Gasteiger partial charge on any atom is -0.326 e. The predicted octanol–water partition coefficient (Wildman–Crippen LogP) is 0.124. The molecule has 0 bridgehead atoms. The number of hydrogen-bond acceptors (Lipinski definition) is 3. The van der Waals surface area contributed by atoms with Gasteiger partial charge in [0.15, 0.2) is 0 Å². The molecule has 0 amide bonds. The molecule has 2 atom stereocenters. The van der Waals surface area contributed by atoms with E-state index >= 15 is 0 Å². The molecular weight excluding hydrogens is 164 g/mol. The van der Waals surface area contributed by atoms with Gasteiger partial charge in [-0.1, -0.05) is 0 Å². The molecule has 0 radical (unpaired) electrons. The maximum Gasteiger partial charge on any atom is 0.0811 e. The van der Waals surface area contributed by atoms with Crippen molar-refractivity contribution in [1.82, 2.24) is 14.7 Å². The Balaban J connectivity index is 2.24. The van der Waals surface area contributed by atoms with Crippen LogP contribution in [0.5, 0.6) is 0 Å². The van der Waals surface area contributed by atoms with E-state index in [4.69, 9.17) is 5.73 Å². The Labute approximate surface area is 78.3 Å². The maximum atomic E-state index is 6.02. The molecule has 72 valence electrons. The molecule has 1 fully saturated rings. The standard InChI is InChI=1S/C9H16N4/c1-12-5-3-7(10)9(12)8-4-6-13(2)11-8/h4,6-7,9H,3,5,10H2,1-2H3. The van der Waals surface area contributed by atoms with Crippen LogP contribution in [0, 0.1) is 0 Å². The first-order valence-corrected chi connectivity index (χ1v) is 4.64. The number of hydrogen-bond donors (Lipinski definition) is 1. The number of aryl methyl sites for hydroxylation is 1. The molecule has 2 N–H and O–H groups in total. The van der Waals surface area contributed by atoms with Crippen molar-refractivity contribution in [1.29, 1.82) is 0 Å². The highest BCUT2D eigenvalue weighted by Gasteiger charge is 2.31. The Bertz CT molecular complexity index is 284. The predicted molar refractivity (Wildman–Crippen MR) is 51.2 cm³/mol. The summed E-state index contributed by atoms with van der Waals surface area (Å²) in [5, 5.41) is 4.39. The second-order valence-electron chi connectivity index (χ2n) is 3.79. The lowest BCUT2D eigenvalue weighted by molar-refractivity contribution is 0.297. The minimum atomic E-state index is 0.236. The molecule has 1 aliphatic rings. The third-order valence-electron chi connectivity index (χ3n) is 2.73. The van der Waals surface area contributed by atoms with E-state index in [0.29, 0.717) is 6.04 Å². The van der Waals surface area contributed by atoms with Crippen LogP contribution in [-0.2, 0) is 7.05 Å². The fourth-order valence-electron chi connectivity index (χ4n) is 2.01. The van der Waals surface area contributed by atoms with Crippen molar-refractivity contribution in [2.24, 2.45) is 12.8 Å². The first kappa shape index (κ1) is 8.72. The van der Waals surface area contributed by atoms with E-state index in [0.717, 1.165) is 18.7 Å². The van der Waals surface area contributed by atoms with Gasteiger partial charge in [0.25, 0.3) is 0 Å². The Morgan fingerprint density at radius 2 is 2.31 bits per heavy atom. The average molecular weight is 180 g/mol. The third-order valence-corrected chi connectivity index (χ3v) is 2.73. The molecule has 0 aliphatic carbocycles. The van der Waals surface area contributed by atoms with Crippen LogP contribution in [0.1, 0.15) is 18.2 Å². The zero-order valence-corrected chi connectivity index (χ0v) is 8.14. The van der Waals surface area contributed by atoms with Crippen LogP contribution in [0.15, 0.2) is 12.3 Å². The second kappa shape index (κ2) is 3.12. The monoisotopic (exact) mass is 180 g/mol. The van der Waals surface area contributed by atoms with E-state index < -0.39 is 0 Å². The molecular formula is C9H16N4. The van der Waals surface area contributed by atoms with Gasteiger partial charge in [-0.2, -0.15) is 5.10 Å². The second-order valence-corrected chi connectivity index (χ2v) is 3.79. The molecule has 0 saturated carbocycles. The van der Waals surface area contributed by atoms with E-state index in [1.54, 1.807) is 0 Å². The van der Waals surface area contributed by atoms with Crippen molar-refractivity contribution in [3.63, 3.8) is 0 Å². The molecule has 1 saturated heterocycles. The van der Waals surface area contributed by atoms with Crippen molar-refractivity contribution in [2.45, 2.75) is 18.5 Å². The SMILES string of the molecule is CN1CCC(N)C1c1ccn(C)n1. The molecule has 4 nitrogen and oxygen atoms in total. The lowest BCUT2D eigenvalue weighted by Crippen LogP contribution is -2.29. The van der Waals surface area contributed by atoms with Gasteiger partial charge in [0.05, 0.1) is 11.7 Å². The summed E-state index contributed by atoms with van der Waals surface area (Å²) in [6.07, 6.45) is 3.03. The van der Waals surface area contributed by atoms with Gasteiger partial charge in [-0.05, 0) is 19.5 Å². The molecule has 0 spiro atoms. The largest absolute Gasteiger partial charge is 0.326 e. The normalized spacial score (nSPS) is 29.8. The summed E-state index contributed by atoms with van der Waals surface area (Å²) in [6, 6.07) is 2.59. The van der Waals surface area contributed by atoms with E-state index in [2.05, 4.69) is 17.0 Å². The molecule has 1 aliphatic heterocycles. The smallest absolute Gasteiger partial charge is 0.0811 e. The average Bonchev–Trinajstić information content (AvgIpc) is 2.60. The highest BCUT2D eigenvalue weighted by molar-refractivity contribution is 5.11. The lowest BCUT2D eigenvalue weighted by Gasteiger charge is -2.20. The number of aromatic nitrogens is 2. The summed E-state index contributed by atoms with van der Waals surface area (Å²) in [7, 11) is 4.04. The van der Waals surface area contributed by atoms with E-state index in [9.17, 15) is 0 Å². The van der Waals surface area contributed by atoms with Gasteiger partial charge in [0, 0.05) is 25.8 Å². The maximum absolute atomic E-state index is 6.02. The zero-order chi connectivity index (χ0) is 9.42. The number of nitrogens with zero attached hydrogens (tertiary/aromatic N) is 3. The van der Waals surface area contributed by atoms with Crippen LogP contribution in [-0.4, -0.2) is 34.3 Å². The number of rotatable bonds is 1. The van der Waals surface area contributed by atoms with E-state index in [-0.39, 0.29) is 6.04 Å². The van der Waals surface area contributed by atoms with E-state index in [1.165, 1.54) is 0 Å². The first-order valence-electron chi connectivity index (χ1n) is 4.64. The zero-order valence-electron chi connectivity index (χ0n) is 8.14. The van der Waals surface area contributed by atoms with Crippen LogP contribution in [0.25, 0.3) is 0 Å². The Morgan fingerprint density at radius 3 is 2.77 bits per heavy atom. The fraction of sp³-hybridized carbons (Fsp3) is 0.667. The molecule has 13 heavy (non-hydrogen) atoms. The lowest BCUT2D eigenvalue weighted by atomic mass is 10.1. The van der Waals surface area contributed by atoms with Crippen LogP contribution < -0.4 is 5.73 Å². The van der Waals surface area contributed by atoms with Crippen LogP contribution in [0.4, 0.5) is 0 Å². The highest BCUT2D eigenvalue weighted by atomic mass is 15.3. The van der Waals surface area contributed by atoms with Crippen LogP contribution in [0.2, 0.25) is 0 Å². The van der Waals surface area contributed by atoms with Crippen LogP contribution >= 0.6 is 0 Å². The molecule has 2 unspecified atom stereocenters. The Kier molecular flexibility index (Phi) is 2.09. The summed E-state index contributed by atoms with van der Waals surface area (Å²) in [5.41, 5.74) is 7.11. The molecule has 4 heteroatoms. The van der Waals surface area contributed by atoms with Crippen molar-refractivity contribution in [3.8, 4) is 0 Å². The summed E-state index contributed by atoms with van der Waals surface area (Å²) in [5.74, 6) is 0. The minimum absolute atomic E-state index is 0.236. The topological polar surface area (TPSA) is 47.1 Å². The van der Waals surface area contributed by atoms with Gasteiger partial charge < -0.3 is 5.73 Å². The van der Waals surface area contributed by atoms with Gasteiger partial charge in [-0.25, -0.2) is 0 Å². The van der Waals surface area contributed by atoms with E-state index in [1.807, 2.05) is 24.0 Å². The molecule has 1 aromatic rings. The number of likely N-dealkylation sites (tertiary alicyclic amines) is 1. The van der Waals surface area contributed by atoms with Gasteiger partial charge in [0.2, 0.25) is 0 Å². The Morgan fingerprint density at radius 1 is 1.54 bits per heavy atom. The van der Waals surface area contributed by atoms with Gasteiger partial charge in [-0.15, -0.1) is 0 Å². The molecule has 1 aromatic heterocycles. The highest BCUT2D eigenvalue weighted by Crippen LogP contribution is 2.27. The fourth-order valence-corrected chi connectivity index (χ4v) is 2.01. The van der Waals surface area contributed by atoms with Gasteiger partial charge in [-0.3, -0.25) is 9.58 Å². The molecule has 2 heterocycles. The molecule has 0 aromatic carbocycles. The van der Waals surface area contributed by atoms with Gasteiger partial charge >= 0.3 is 0 Å². The van der Waals surface area contributed by atoms with Crippen molar-refractivity contribution >= 4 is 0 Å². The molecule has 2 rings (SSSR count). The number of nitrogens with two attached hydrogens (primary N) is 1. The van der Waals surface area contributed by atoms with Crippen molar-refractivity contribution in [3.05, 3.63) is 18.0 Å². The van der Waals surface area contributed by atoms with Gasteiger partial charge in [0.1, 0.15) is 0 Å². The third kappa shape index (κ3) is 1.47. The summed E-state index contributed by atoms with van der Waals surface area (Å²) < 4.78 is 1.83. The summed E-state index contributed by atoms with van der Waals surface area (Å²) >= 11 is 0. The van der Waals surface area contributed by atoms with Crippen molar-refractivity contribution in [2.75, 3.05) is 13.6 Å².